The van der Waals surface area contributed by atoms with Gasteiger partial charge in [0.05, 0.1) is 6.04 Å². The SMILES string of the molecule is CC(=O)[C@@H](Cc1cccnc1)NC(=O)OCC1c2ccccc2-c2ccccc21. The van der Waals surface area contributed by atoms with Crippen LogP contribution in [-0.4, -0.2) is 29.5 Å². The number of carbonyl (C=O) groups is 2. The minimum atomic E-state index is -0.644. The number of pyridine rings is 1. The Morgan fingerprint density at radius 3 is 2.24 bits per heavy atom. The first-order valence-corrected chi connectivity index (χ1v) is 9.64. The van der Waals surface area contributed by atoms with Gasteiger partial charge < -0.3 is 10.1 Å². The van der Waals surface area contributed by atoms with Crippen LogP contribution in [-0.2, 0) is 16.0 Å². The summed E-state index contributed by atoms with van der Waals surface area (Å²) in [5, 5.41) is 2.70. The van der Waals surface area contributed by atoms with Crippen LogP contribution in [0.25, 0.3) is 11.1 Å². The molecule has 0 saturated heterocycles. The number of hydrogen-bond acceptors (Lipinski definition) is 4. The van der Waals surface area contributed by atoms with Gasteiger partial charge in [-0.05, 0) is 40.8 Å². The molecule has 3 aromatic rings. The van der Waals surface area contributed by atoms with Gasteiger partial charge in [0.1, 0.15) is 6.61 Å². The molecule has 2 aromatic carbocycles. The molecule has 1 amide bonds. The quantitative estimate of drug-likeness (QED) is 0.692. The fourth-order valence-corrected chi connectivity index (χ4v) is 3.83. The van der Waals surface area contributed by atoms with Crippen LogP contribution in [0.5, 0.6) is 0 Å². The number of alkyl carbamates (subject to hydrolysis) is 1. The van der Waals surface area contributed by atoms with Crippen LogP contribution in [0.1, 0.15) is 29.5 Å². The Morgan fingerprint density at radius 2 is 1.66 bits per heavy atom. The molecule has 1 heterocycles. The molecule has 0 aliphatic heterocycles. The number of Topliss-reactive ketones (excluding diaryl/α,β-unsaturated/α-hetero) is 1. The number of nitrogens with zero attached hydrogens (tertiary/aromatic N) is 1. The molecule has 1 atom stereocenters. The molecule has 5 heteroatoms. The summed E-state index contributed by atoms with van der Waals surface area (Å²) in [6.45, 7) is 1.68. The maximum absolute atomic E-state index is 12.4. The first-order valence-electron chi connectivity index (χ1n) is 9.64. The Morgan fingerprint density at radius 1 is 1.00 bits per heavy atom. The van der Waals surface area contributed by atoms with E-state index >= 15 is 0 Å². The number of aromatic nitrogens is 1. The molecule has 29 heavy (non-hydrogen) atoms. The van der Waals surface area contributed by atoms with Gasteiger partial charge in [-0.15, -0.1) is 0 Å². The number of ether oxygens (including phenoxy) is 1. The second kappa shape index (κ2) is 8.27. The molecule has 146 valence electrons. The van der Waals surface area contributed by atoms with Crippen molar-refractivity contribution in [2.75, 3.05) is 6.61 Å². The molecule has 4 rings (SSSR count). The highest BCUT2D eigenvalue weighted by Gasteiger charge is 2.29. The molecular weight excluding hydrogens is 364 g/mol. The van der Waals surface area contributed by atoms with Gasteiger partial charge in [0, 0.05) is 24.7 Å². The number of amides is 1. The number of carbonyl (C=O) groups excluding carboxylic acids is 2. The van der Waals surface area contributed by atoms with Gasteiger partial charge in [-0.2, -0.15) is 0 Å². The topological polar surface area (TPSA) is 68.3 Å². The summed E-state index contributed by atoms with van der Waals surface area (Å²) < 4.78 is 5.54. The highest BCUT2D eigenvalue weighted by Crippen LogP contribution is 2.44. The fourth-order valence-electron chi connectivity index (χ4n) is 3.83. The number of benzene rings is 2. The fraction of sp³-hybridized carbons (Fsp3) is 0.208. The minimum Gasteiger partial charge on any atom is -0.449 e. The van der Waals surface area contributed by atoms with Gasteiger partial charge in [-0.25, -0.2) is 4.79 Å². The predicted molar refractivity (Wildman–Crippen MR) is 111 cm³/mol. The lowest BCUT2D eigenvalue weighted by Crippen LogP contribution is -2.42. The zero-order valence-electron chi connectivity index (χ0n) is 16.2. The molecule has 0 bridgehead atoms. The molecule has 1 N–H and O–H groups in total. The highest BCUT2D eigenvalue weighted by molar-refractivity contribution is 5.85. The van der Waals surface area contributed by atoms with Crippen molar-refractivity contribution in [2.45, 2.75) is 25.3 Å². The van der Waals surface area contributed by atoms with Crippen LogP contribution in [0.15, 0.2) is 73.1 Å². The number of hydrogen-bond donors (Lipinski definition) is 1. The third kappa shape index (κ3) is 4.04. The normalized spacial score (nSPS) is 13.3. The van der Waals surface area contributed by atoms with E-state index in [4.69, 9.17) is 4.74 Å². The molecule has 0 radical (unpaired) electrons. The highest BCUT2D eigenvalue weighted by atomic mass is 16.5. The average Bonchev–Trinajstić information content (AvgIpc) is 3.06. The third-order valence-electron chi connectivity index (χ3n) is 5.29. The Bertz CT molecular complexity index is 988. The Labute approximate surface area is 169 Å². The van der Waals surface area contributed by atoms with Crippen LogP contribution in [0.4, 0.5) is 4.79 Å². The zero-order chi connectivity index (χ0) is 20.2. The number of rotatable bonds is 6. The van der Waals surface area contributed by atoms with Crippen molar-refractivity contribution in [1.29, 1.82) is 0 Å². The summed E-state index contributed by atoms with van der Waals surface area (Å²) >= 11 is 0. The van der Waals surface area contributed by atoms with Crippen LogP contribution in [0, 0.1) is 0 Å². The van der Waals surface area contributed by atoms with Crippen molar-refractivity contribution in [2.24, 2.45) is 0 Å². The first-order chi connectivity index (χ1) is 14.1. The van der Waals surface area contributed by atoms with E-state index in [-0.39, 0.29) is 18.3 Å². The van der Waals surface area contributed by atoms with Crippen molar-refractivity contribution < 1.29 is 14.3 Å². The van der Waals surface area contributed by atoms with E-state index in [0.717, 1.165) is 16.7 Å². The Hall–Kier alpha value is -3.47. The van der Waals surface area contributed by atoms with E-state index in [9.17, 15) is 9.59 Å². The molecule has 0 fully saturated rings. The largest absolute Gasteiger partial charge is 0.449 e. The number of fused-ring (bicyclic) bond motifs is 3. The number of ketones is 1. The first kappa shape index (κ1) is 18.9. The summed E-state index contributed by atoms with van der Waals surface area (Å²) in [6, 6.07) is 19.4. The van der Waals surface area contributed by atoms with Crippen LogP contribution in [0.3, 0.4) is 0 Å². The summed E-state index contributed by atoms with van der Waals surface area (Å²) in [4.78, 5) is 28.5. The van der Waals surface area contributed by atoms with Crippen LogP contribution >= 0.6 is 0 Å². The molecule has 1 aromatic heterocycles. The molecule has 0 unspecified atom stereocenters. The maximum Gasteiger partial charge on any atom is 0.407 e. The molecule has 5 nitrogen and oxygen atoms in total. The van der Waals surface area contributed by atoms with Gasteiger partial charge in [-0.3, -0.25) is 9.78 Å². The average molecular weight is 386 g/mol. The minimum absolute atomic E-state index is 0.0118. The summed E-state index contributed by atoms with van der Waals surface area (Å²) in [5.74, 6) is -0.135. The lowest BCUT2D eigenvalue weighted by Gasteiger charge is -2.18. The van der Waals surface area contributed by atoms with Crippen LogP contribution in [0.2, 0.25) is 0 Å². The Kier molecular flexibility index (Phi) is 5.38. The molecule has 0 saturated carbocycles. The summed E-state index contributed by atoms with van der Waals surface area (Å²) in [7, 11) is 0. The van der Waals surface area contributed by atoms with Gasteiger partial charge in [-0.1, -0.05) is 54.6 Å². The van der Waals surface area contributed by atoms with Crippen molar-refractivity contribution in [3.63, 3.8) is 0 Å². The van der Waals surface area contributed by atoms with Crippen molar-refractivity contribution in [3.05, 3.63) is 89.7 Å². The van der Waals surface area contributed by atoms with E-state index in [2.05, 4.69) is 34.6 Å². The third-order valence-corrected chi connectivity index (χ3v) is 5.29. The second-order valence-corrected chi connectivity index (χ2v) is 7.20. The van der Waals surface area contributed by atoms with E-state index in [1.165, 1.54) is 18.1 Å². The molecule has 1 aliphatic rings. The van der Waals surface area contributed by atoms with E-state index in [1.54, 1.807) is 18.5 Å². The summed E-state index contributed by atoms with van der Waals surface area (Å²) in [6.07, 6.45) is 3.16. The van der Waals surface area contributed by atoms with E-state index < -0.39 is 12.1 Å². The molecule has 1 aliphatic carbocycles. The lowest BCUT2D eigenvalue weighted by molar-refractivity contribution is -0.118. The number of nitrogens with one attached hydrogen (secondary N) is 1. The second-order valence-electron chi connectivity index (χ2n) is 7.20. The Balaban J connectivity index is 1.43. The molecular formula is C24H22N2O3. The monoisotopic (exact) mass is 386 g/mol. The van der Waals surface area contributed by atoms with Crippen molar-refractivity contribution in [3.8, 4) is 11.1 Å². The van der Waals surface area contributed by atoms with Gasteiger partial charge in [0.15, 0.2) is 5.78 Å². The lowest BCUT2D eigenvalue weighted by atomic mass is 9.98. The van der Waals surface area contributed by atoms with E-state index in [1.807, 2.05) is 30.3 Å². The predicted octanol–water partition coefficient (Wildman–Crippen LogP) is 4.12. The molecule has 0 spiro atoms. The van der Waals surface area contributed by atoms with Gasteiger partial charge >= 0.3 is 6.09 Å². The summed E-state index contributed by atoms with van der Waals surface area (Å²) in [5.41, 5.74) is 5.54. The van der Waals surface area contributed by atoms with Gasteiger partial charge in [0.2, 0.25) is 0 Å². The standard InChI is InChI=1S/C24H22N2O3/c1-16(27)23(13-17-7-6-12-25-14-17)26-24(28)29-15-22-20-10-4-2-8-18(20)19-9-3-5-11-21(19)22/h2-12,14,22-23H,13,15H2,1H3,(H,26,28)/t23-/m1/s1. The van der Waals surface area contributed by atoms with Gasteiger partial charge in [0.25, 0.3) is 0 Å². The van der Waals surface area contributed by atoms with Crippen molar-refractivity contribution >= 4 is 11.9 Å². The zero-order valence-corrected chi connectivity index (χ0v) is 16.2. The van der Waals surface area contributed by atoms with Crippen LogP contribution < -0.4 is 5.32 Å². The van der Waals surface area contributed by atoms with E-state index in [0.29, 0.717) is 6.42 Å². The maximum atomic E-state index is 12.4. The van der Waals surface area contributed by atoms with Crippen molar-refractivity contribution in [1.82, 2.24) is 10.3 Å². The smallest absolute Gasteiger partial charge is 0.407 e.